The minimum Gasteiger partial charge on any atom is -0.325 e. The number of pyridine rings is 1. The highest BCUT2D eigenvalue weighted by molar-refractivity contribution is 7.99. The van der Waals surface area contributed by atoms with Crippen LogP contribution in [0.3, 0.4) is 0 Å². The van der Waals surface area contributed by atoms with Crippen LogP contribution in [0.15, 0.2) is 78.5 Å². The van der Waals surface area contributed by atoms with E-state index in [0.717, 1.165) is 16.8 Å². The van der Waals surface area contributed by atoms with Crippen LogP contribution in [0.4, 0.5) is 5.69 Å². The number of anilines is 1. The Morgan fingerprint density at radius 3 is 2.61 bits per heavy atom. The first-order valence-corrected chi connectivity index (χ1v) is 9.68. The van der Waals surface area contributed by atoms with Crippen molar-refractivity contribution in [3.63, 3.8) is 0 Å². The Bertz CT molecular complexity index is 1080. The maximum absolute atomic E-state index is 12.4. The summed E-state index contributed by atoms with van der Waals surface area (Å²) in [6.45, 7) is 1.99. The molecule has 0 unspecified atom stereocenters. The number of amides is 1. The number of hydrogen-bond donors (Lipinski definition) is 1. The summed E-state index contributed by atoms with van der Waals surface area (Å²) in [4.78, 5) is 16.4. The predicted molar refractivity (Wildman–Crippen MR) is 109 cm³/mol. The van der Waals surface area contributed by atoms with Crippen molar-refractivity contribution < 1.29 is 4.79 Å². The second-order valence-corrected chi connectivity index (χ2v) is 7.07. The SMILES string of the molecule is Cc1cccc(NC(=O)CSc2nnc(-c3ccncc3)n2-n2cccc2)c1. The van der Waals surface area contributed by atoms with Gasteiger partial charge in [0.1, 0.15) is 0 Å². The van der Waals surface area contributed by atoms with Crippen molar-refractivity contribution in [2.45, 2.75) is 12.1 Å². The monoisotopic (exact) mass is 390 g/mol. The number of thioether (sulfide) groups is 1. The molecule has 4 aromatic rings. The number of aryl methyl sites for hydroxylation is 1. The second kappa shape index (κ2) is 8.10. The fourth-order valence-electron chi connectivity index (χ4n) is 2.75. The molecule has 3 aromatic heterocycles. The third-order valence-electron chi connectivity index (χ3n) is 4.00. The first kappa shape index (κ1) is 18.0. The van der Waals surface area contributed by atoms with Crippen molar-refractivity contribution in [2.75, 3.05) is 11.1 Å². The van der Waals surface area contributed by atoms with Crippen LogP contribution in [0.2, 0.25) is 0 Å². The van der Waals surface area contributed by atoms with Gasteiger partial charge in [-0.2, -0.15) is 0 Å². The largest absolute Gasteiger partial charge is 0.325 e. The number of aromatic nitrogens is 5. The molecule has 1 aromatic carbocycles. The molecule has 28 heavy (non-hydrogen) atoms. The van der Waals surface area contributed by atoms with E-state index in [4.69, 9.17) is 0 Å². The third-order valence-corrected chi connectivity index (χ3v) is 4.92. The zero-order chi connectivity index (χ0) is 19.3. The maximum Gasteiger partial charge on any atom is 0.234 e. The molecule has 0 bridgehead atoms. The van der Waals surface area contributed by atoms with Gasteiger partial charge in [-0.15, -0.1) is 10.2 Å². The normalized spacial score (nSPS) is 10.8. The Labute approximate surface area is 166 Å². The average molecular weight is 390 g/mol. The van der Waals surface area contributed by atoms with Gasteiger partial charge < -0.3 is 5.32 Å². The highest BCUT2D eigenvalue weighted by Crippen LogP contribution is 2.24. The lowest BCUT2D eigenvalue weighted by Gasteiger charge is -2.11. The van der Waals surface area contributed by atoms with E-state index < -0.39 is 0 Å². The van der Waals surface area contributed by atoms with Gasteiger partial charge >= 0.3 is 0 Å². The van der Waals surface area contributed by atoms with Crippen LogP contribution in [-0.2, 0) is 4.79 Å². The lowest BCUT2D eigenvalue weighted by molar-refractivity contribution is -0.113. The van der Waals surface area contributed by atoms with Crippen molar-refractivity contribution >= 4 is 23.4 Å². The Balaban J connectivity index is 1.55. The summed E-state index contributed by atoms with van der Waals surface area (Å²) < 4.78 is 3.76. The van der Waals surface area contributed by atoms with E-state index >= 15 is 0 Å². The third kappa shape index (κ3) is 3.96. The molecule has 0 spiro atoms. The molecule has 7 nitrogen and oxygen atoms in total. The van der Waals surface area contributed by atoms with Gasteiger partial charge in [0.25, 0.3) is 0 Å². The minimum atomic E-state index is -0.0943. The van der Waals surface area contributed by atoms with E-state index in [1.165, 1.54) is 11.8 Å². The van der Waals surface area contributed by atoms with Gasteiger partial charge in [-0.3, -0.25) is 14.5 Å². The van der Waals surface area contributed by atoms with Gasteiger partial charge in [0.05, 0.1) is 5.75 Å². The molecule has 140 valence electrons. The zero-order valence-corrected chi connectivity index (χ0v) is 16.0. The van der Waals surface area contributed by atoms with Gasteiger partial charge in [-0.1, -0.05) is 23.9 Å². The van der Waals surface area contributed by atoms with Crippen molar-refractivity contribution in [2.24, 2.45) is 0 Å². The number of carbonyl (C=O) groups is 1. The van der Waals surface area contributed by atoms with E-state index in [1.54, 1.807) is 12.4 Å². The minimum absolute atomic E-state index is 0.0943. The van der Waals surface area contributed by atoms with E-state index in [-0.39, 0.29) is 11.7 Å². The lowest BCUT2D eigenvalue weighted by Crippen LogP contribution is -2.16. The Morgan fingerprint density at radius 2 is 1.86 bits per heavy atom. The van der Waals surface area contributed by atoms with Crippen molar-refractivity contribution in [1.29, 1.82) is 0 Å². The number of carbonyl (C=O) groups excluding carboxylic acids is 1. The van der Waals surface area contributed by atoms with Crippen molar-refractivity contribution in [3.8, 4) is 11.4 Å². The molecule has 8 heteroatoms. The van der Waals surface area contributed by atoms with E-state index in [1.807, 2.05) is 77.2 Å². The molecule has 0 aliphatic heterocycles. The molecule has 0 aliphatic rings. The molecule has 4 rings (SSSR count). The van der Waals surface area contributed by atoms with Crippen molar-refractivity contribution in [3.05, 3.63) is 78.9 Å². The highest BCUT2D eigenvalue weighted by atomic mass is 32.2. The van der Waals surface area contributed by atoms with Crippen molar-refractivity contribution in [1.82, 2.24) is 24.5 Å². The molecule has 0 aliphatic carbocycles. The fourth-order valence-corrected chi connectivity index (χ4v) is 3.49. The average Bonchev–Trinajstić information content (AvgIpc) is 3.36. The molecule has 0 saturated carbocycles. The Morgan fingerprint density at radius 1 is 1.07 bits per heavy atom. The van der Waals surface area contributed by atoms with Crippen LogP contribution in [0, 0.1) is 6.92 Å². The van der Waals surface area contributed by atoms with Gasteiger partial charge in [-0.05, 0) is 48.9 Å². The van der Waals surface area contributed by atoms with E-state index in [9.17, 15) is 4.79 Å². The first-order valence-electron chi connectivity index (χ1n) is 8.69. The van der Waals surface area contributed by atoms with Crippen LogP contribution in [0.1, 0.15) is 5.56 Å². The zero-order valence-electron chi connectivity index (χ0n) is 15.2. The number of nitrogens with one attached hydrogen (secondary N) is 1. The molecule has 0 saturated heterocycles. The fraction of sp³-hybridized carbons (Fsp3) is 0.100. The van der Waals surface area contributed by atoms with Gasteiger partial charge in [-0.25, -0.2) is 4.68 Å². The smallest absolute Gasteiger partial charge is 0.234 e. The number of benzene rings is 1. The molecular formula is C20H18N6OS. The highest BCUT2D eigenvalue weighted by Gasteiger charge is 2.17. The summed E-state index contributed by atoms with van der Waals surface area (Å²) in [5.74, 6) is 0.812. The quantitative estimate of drug-likeness (QED) is 0.510. The van der Waals surface area contributed by atoms with E-state index in [0.29, 0.717) is 11.0 Å². The second-order valence-electron chi connectivity index (χ2n) is 6.12. The molecular weight excluding hydrogens is 372 g/mol. The topological polar surface area (TPSA) is 77.6 Å². The maximum atomic E-state index is 12.4. The van der Waals surface area contributed by atoms with Crippen LogP contribution < -0.4 is 5.32 Å². The van der Waals surface area contributed by atoms with E-state index in [2.05, 4.69) is 20.5 Å². The summed E-state index contributed by atoms with van der Waals surface area (Å²) in [5, 5.41) is 12.2. The van der Waals surface area contributed by atoms with Crippen LogP contribution in [0.25, 0.3) is 11.4 Å². The standard InChI is InChI=1S/C20H18N6OS/c1-15-5-4-6-17(13-15)22-18(27)14-28-20-24-23-19(16-7-9-21-10-8-16)26(20)25-11-2-3-12-25/h2-13H,14H2,1H3,(H,22,27). The summed E-state index contributed by atoms with van der Waals surface area (Å²) >= 11 is 1.33. The summed E-state index contributed by atoms with van der Waals surface area (Å²) in [6, 6.07) is 15.3. The number of nitrogens with zero attached hydrogens (tertiary/aromatic N) is 5. The van der Waals surface area contributed by atoms with Gasteiger partial charge in [0.2, 0.25) is 11.1 Å². The molecule has 0 radical (unpaired) electrons. The summed E-state index contributed by atoms with van der Waals surface area (Å²) in [6.07, 6.45) is 7.24. The van der Waals surface area contributed by atoms with Gasteiger partial charge in [0.15, 0.2) is 5.82 Å². The first-order chi connectivity index (χ1) is 13.7. The van der Waals surface area contributed by atoms with Crippen LogP contribution in [0.5, 0.6) is 0 Å². The molecule has 1 N–H and O–H groups in total. The number of rotatable bonds is 6. The molecule has 0 atom stereocenters. The lowest BCUT2D eigenvalue weighted by atomic mass is 10.2. The summed E-state index contributed by atoms with van der Waals surface area (Å²) in [7, 11) is 0. The molecule has 1 amide bonds. The molecule has 0 fully saturated rings. The predicted octanol–water partition coefficient (Wildman–Crippen LogP) is 3.49. The van der Waals surface area contributed by atoms with Crippen LogP contribution in [-0.4, -0.2) is 36.2 Å². The Kier molecular flexibility index (Phi) is 5.20. The van der Waals surface area contributed by atoms with Gasteiger partial charge in [0, 0.05) is 36.0 Å². The summed E-state index contributed by atoms with van der Waals surface area (Å²) in [5.41, 5.74) is 2.78. The Hall–Kier alpha value is -3.39. The number of hydrogen-bond acceptors (Lipinski definition) is 5. The molecule has 3 heterocycles. The van der Waals surface area contributed by atoms with Crippen LogP contribution >= 0.6 is 11.8 Å².